The molecule has 2 aromatic carbocycles. The van der Waals surface area contributed by atoms with Gasteiger partial charge in [0, 0.05) is 50.1 Å². The first-order chi connectivity index (χ1) is 16.1. The number of benzene rings is 2. The van der Waals surface area contributed by atoms with Crippen molar-refractivity contribution >= 4 is 17.9 Å². The van der Waals surface area contributed by atoms with Gasteiger partial charge in [-0.3, -0.25) is 9.59 Å². The highest BCUT2D eigenvalue weighted by Gasteiger charge is 2.26. The van der Waals surface area contributed by atoms with Gasteiger partial charge in [-0.25, -0.2) is 4.68 Å². The largest absolute Gasteiger partial charge is 0.497 e. The number of hydrogen-bond donors (Lipinski definition) is 0. The number of para-hydroxylation sites is 1. The smallest absolute Gasteiger partial charge is 0.257 e. The fourth-order valence-corrected chi connectivity index (χ4v) is 3.69. The van der Waals surface area contributed by atoms with Gasteiger partial charge in [-0.05, 0) is 30.3 Å². The minimum absolute atomic E-state index is 0.0865. The molecule has 1 saturated heterocycles. The van der Waals surface area contributed by atoms with E-state index in [1.54, 1.807) is 58.1 Å². The fraction of sp³-hybridized carbons (Fsp3) is 0.240. The Morgan fingerprint density at radius 3 is 2.36 bits per heavy atom. The molecule has 2 amide bonds. The summed E-state index contributed by atoms with van der Waals surface area (Å²) in [6.07, 6.45) is 6.90. The Morgan fingerprint density at radius 1 is 0.939 bits per heavy atom. The van der Waals surface area contributed by atoms with Crippen molar-refractivity contribution in [3.05, 3.63) is 78.1 Å². The molecule has 1 aliphatic heterocycles. The van der Waals surface area contributed by atoms with Gasteiger partial charge in [-0.1, -0.05) is 18.2 Å². The van der Waals surface area contributed by atoms with Crippen molar-refractivity contribution in [3.63, 3.8) is 0 Å². The van der Waals surface area contributed by atoms with Gasteiger partial charge >= 0.3 is 0 Å². The zero-order chi connectivity index (χ0) is 23.2. The molecule has 33 heavy (non-hydrogen) atoms. The standard InChI is InChI=1S/C25H26N4O4/c1-32-21-9-10-22(23(16-21)33-2)25(31)28-14-12-27(13-15-28)24(30)11-8-19-17-26-29(18-19)20-6-4-3-5-7-20/h3-11,16-18H,12-15H2,1-2H3/b11-8+. The number of carbonyl (C=O) groups is 2. The lowest BCUT2D eigenvalue weighted by molar-refractivity contribution is -0.127. The van der Waals surface area contributed by atoms with E-state index in [1.165, 1.54) is 7.11 Å². The molecule has 0 saturated carbocycles. The van der Waals surface area contributed by atoms with Crippen molar-refractivity contribution in [2.24, 2.45) is 0 Å². The van der Waals surface area contributed by atoms with Crippen LogP contribution >= 0.6 is 0 Å². The average molecular weight is 447 g/mol. The molecule has 0 unspecified atom stereocenters. The van der Waals surface area contributed by atoms with Crippen LogP contribution in [0.2, 0.25) is 0 Å². The Balaban J connectivity index is 1.34. The second kappa shape index (κ2) is 10.0. The van der Waals surface area contributed by atoms with E-state index < -0.39 is 0 Å². The maximum Gasteiger partial charge on any atom is 0.257 e. The highest BCUT2D eigenvalue weighted by Crippen LogP contribution is 2.26. The first-order valence-electron chi connectivity index (χ1n) is 10.7. The Bertz CT molecular complexity index is 1150. The number of nitrogens with zero attached hydrogens (tertiary/aromatic N) is 4. The van der Waals surface area contributed by atoms with Gasteiger partial charge in [0.05, 0.1) is 31.7 Å². The lowest BCUT2D eigenvalue weighted by atomic mass is 10.1. The van der Waals surface area contributed by atoms with E-state index in [2.05, 4.69) is 5.10 Å². The molecule has 0 radical (unpaired) electrons. The van der Waals surface area contributed by atoms with Crippen LogP contribution in [0, 0.1) is 0 Å². The minimum Gasteiger partial charge on any atom is -0.497 e. The fourth-order valence-electron chi connectivity index (χ4n) is 3.69. The van der Waals surface area contributed by atoms with Crippen LogP contribution in [0.15, 0.2) is 67.0 Å². The van der Waals surface area contributed by atoms with E-state index in [9.17, 15) is 9.59 Å². The van der Waals surface area contributed by atoms with Crippen LogP contribution in [0.1, 0.15) is 15.9 Å². The highest BCUT2D eigenvalue weighted by atomic mass is 16.5. The van der Waals surface area contributed by atoms with E-state index >= 15 is 0 Å². The lowest BCUT2D eigenvalue weighted by Gasteiger charge is -2.34. The predicted molar refractivity (Wildman–Crippen MR) is 125 cm³/mol. The third kappa shape index (κ3) is 5.06. The molecule has 0 aliphatic carbocycles. The molecule has 1 aliphatic rings. The summed E-state index contributed by atoms with van der Waals surface area (Å²) in [5.41, 5.74) is 2.28. The van der Waals surface area contributed by atoms with Gasteiger partial charge in [-0.2, -0.15) is 5.10 Å². The second-order valence-electron chi connectivity index (χ2n) is 7.57. The predicted octanol–water partition coefficient (Wildman–Crippen LogP) is 2.89. The molecule has 4 rings (SSSR count). The SMILES string of the molecule is COc1ccc(C(=O)N2CCN(C(=O)/C=C/c3cnn(-c4ccccc4)c3)CC2)c(OC)c1. The molecule has 0 atom stereocenters. The first kappa shape index (κ1) is 22.1. The number of aromatic nitrogens is 2. The highest BCUT2D eigenvalue weighted by molar-refractivity contribution is 5.97. The summed E-state index contributed by atoms with van der Waals surface area (Å²) in [7, 11) is 3.09. The number of hydrogen-bond acceptors (Lipinski definition) is 5. The van der Waals surface area contributed by atoms with Gasteiger partial charge in [0.2, 0.25) is 5.91 Å². The summed E-state index contributed by atoms with van der Waals surface area (Å²) in [5.74, 6) is 0.888. The molecular formula is C25H26N4O4. The van der Waals surface area contributed by atoms with Gasteiger partial charge in [-0.15, -0.1) is 0 Å². The van der Waals surface area contributed by atoms with E-state index in [-0.39, 0.29) is 11.8 Å². The Morgan fingerprint density at radius 2 is 1.67 bits per heavy atom. The Labute approximate surface area is 192 Å². The van der Waals surface area contributed by atoms with Crippen LogP contribution < -0.4 is 9.47 Å². The number of ether oxygens (including phenoxy) is 2. The molecule has 2 heterocycles. The maximum atomic E-state index is 13.0. The van der Waals surface area contributed by atoms with Gasteiger partial charge < -0.3 is 19.3 Å². The van der Waals surface area contributed by atoms with Crippen LogP contribution in [0.25, 0.3) is 11.8 Å². The van der Waals surface area contributed by atoms with Crippen molar-refractivity contribution in [3.8, 4) is 17.2 Å². The van der Waals surface area contributed by atoms with Crippen LogP contribution in [0.4, 0.5) is 0 Å². The zero-order valence-electron chi connectivity index (χ0n) is 18.7. The summed E-state index contributed by atoms with van der Waals surface area (Å²) < 4.78 is 12.3. The molecule has 8 nitrogen and oxygen atoms in total. The molecule has 8 heteroatoms. The van der Waals surface area contributed by atoms with Gasteiger partial charge in [0.15, 0.2) is 0 Å². The zero-order valence-corrected chi connectivity index (χ0v) is 18.7. The Hall–Kier alpha value is -4.07. The normalized spacial score (nSPS) is 13.9. The van der Waals surface area contributed by atoms with Crippen molar-refractivity contribution in [1.29, 1.82) is 0 Å². The van der Waals surface area contributed by atoms with Crippen LogP contribution in [0.3, 0.4) is 0 Å². The molecular weight excluding hydrogens is 420 g/mol. The van der Waals surface area contributed by atoms with Crippen LogP contribution in [-0.2, 0) is 4.79 Å². The molecule has 0 bridgehead atoms. The minimum atomic E-state index is -0.120. The van der Waals surface area contributed by atoms with Gasteiger partial charge in [0.1, 0.15) is 11.5 Å². The molecule has 0 N–H and O–H groups in total. The van der Waals surface area contributed by atoms with E-state index in [0.717, 1.165) is 11.3 Å². The third-order valence-corrected chi connectivity index (χ3v) is 5.56. The molecule has 170 valence electrons. The summed E-state index contributed by atoms with van der Waals surface area (Å²) in [6, 6.07) is 14.9. The summed E-state index contributed by atoms with van der Waals surface area (Å²) in [6.45, 7) is 1.85. The first-order valence-corrected chi connectivity index (χ1v) is 10.7. The van der Waals surface area contributed by atoms with Crippen molar-refractivity contribution in [2.75, 3.05) is 40.4 Å². The van der Waals surface area contributed by atoms with Gasteiger partial charge in [0.25, 0.3) is 5.91 Å². The quantitative estimate of drug-likeness (QED) is 0.544. The van der Waals surface area contributed by atoms with Crippen LogP contribution in [0.5, 0.6) is 11.5 Å². The van der Waals surface area contributed by atoms with E-state index in [4.69, 9.17) is 9.47 Å². The number of methoxy groups -OCH3 is 2. The molecule has 0 spiro atoms. The van der Waals surface area contributed by atoms with E-state index in [1.807, 2.05) is 36.5 Å². The summed E-state index contributed by atoms with van der Waals surface area (Å²) in [4.78, 5) is 29.1. The van der Waals surface area contributed by atoms with Crippen molar-refractivity contribution < 1.29 is 19.1 Å². The van der Waals surface area contributed by atoms with Crippen molar-refractivity contribution in [1.82, 2.24) is 19.6 Å². The van der Waals surface area contributed by atoms with E-state index in [0.29, 0.717) is 43.2 Å². The lowest BCUT2D eigenvalue weighted by Crippen LogP contribution is -2.50. The number of rotatable bonds is 6. The monoisotopic (exact) mass is 446 g/mol. The average Bonchev–Trinajstić information content (AvgIpc) is 3.36. The maximum absolute atomic E-state index is 13.0. The number of piperazine rings is 1. The molecule has 1 aromatic heterocycles. The topological polar surface area (TPSA) is 76.9 Å². The Kier molecular flexibility index (Phi) is 6.73. The summed E-state index contributed by atoms with van der Waals surface area (Å²) >= 11 is 0. The third-order valence-electron chi connectivity index (χ3n) is 5.56. The summed E-state index contributed by atoms with van der Waals surface area (Å²) in [5, 5.41) is 4.34. The number of carbonyl (C=O) groups excluding carboxylic acids is 2. The number of amides is 2. The van der Waals surface area contributed by atoms with Crippen LogP contribution in [-0.4, -0.2) is 71.8 Å². The molecule has 1 fully saturated rings. The van der Waals surface area contributed by atoms with Crippen molar-refractivity contribution in [2.45, 2.75) is 0 Å². The molecule has 3 aromatic rings. The second-order valence-corrected chi connectivity index (χ2v) is 7.57.